The van der Waals surface area contributed by atoms with Gasteiger partial charge in [0.1, 0.15) is 13.2 Å². The maximum Gasteiger partial charge on any atom is 0.306 e. The minimum absolute atomic E-state index is 0.0627. The molecule has 0 heterocycles. The number of rotatable bonds is 50. The molecule has 0 aromatic rings. The Bertz CT molecular complexity index is 918. The molecule has 0 unspecified atom stereocenters. The van der Waals surface area contributed by atoms with Crippen molar-refractivity contribution in [1.82, 2.24) is 0 Å². The molecule has 6 nitrogen and oxygen atoms in total. The first kappa shape index (κ1) is 59.4. The third kappa shape index (κ3) is 49.3. The Balaban J connectivity index is 4.15. The van der Waals surface area contributed by atoms with Gasteiger partial charge in [-0.25, -0.2) is 0 Å². The summed E-state index contributed by atoms with van der Waals surface area (Å²) >= 11 is 0. The highest BCUT2D eigenvalue weighted by atomic mass is 16.6. The van der Waals surface area contributed by atoms with Crippen LogP contribution in [0.25, 0.3) is 0 Å². The van der Waals surface area contributed by atoms with Crippen molar-refractivity contribution in [2.75, 3.05) is 13.2 Å². The molecule has 0 aliphatic rings. The summed E-state index contributed by atoms with van der Waals surface area (Å²) in [6.07, 6.45) is 52.5. The SMILES string of the molecule is CCCCCCCCCCCCCCCCCCCC(=O)O[C@@H](COC(=O)CCCCCCCCC)COC(=O)CCCCCCCCCCCCCCCCCCC(C)C. The van der Waals surface area contributed by atoms with E-state index < -0.39 is 6.10 Å². The van der Waals surface area contributed by atoms with E-state index >= 15 is 0 Å². The van der Waals surface area contributed by atoms with E-state index in [1.165, 1.54) is 205 Å². The number of esters is 3. The Labute approximate surface area is 380 Å². The average molecular weight is 863 g/mol. The van der Waals surface area contributed by atoms with Gasteiger partial charge in [-0.1, -0.05) is 272 Å². The zero-order valence-corrected chi connectivity index (χ0v) is 41.6. The van der Waals surface area contributed by atoms with Crippen molar-refractivity contribution in [3.05, 3.63) is 0 Å². The Morgan fingerprint density at radius 2 is 0.541 bits per heavy atom. The van der Waals surface area contributed by atoms with Crippen LogP contribution < -0.4 is 0 Å². The van der Waals surface area contributed by atoms with Gasteiger partial charge in [0, 0.05) is 19.3 Å². The lowest BCUT2D eigenvalue weighted by atomic mass is 10.0. The van der Waals surface area contributed by atoms with Gasteiger partial charge in [0.15, 0.2) is 6.10 Å². The van der Waals surface area contributed by atoms with E-state index in [2.05, 4.69) is 27.7 Å². The predicted octanol–water partition coefficient (Wildman–Crippen LogP) is 17.8. The van der Waals surface area contributed by atoms with Crippen molar-refractivity contribution in [2.45, 2.75) is 316 Å². The first-order valence-electron chi connectivity index (χ1n) is 27.4. The second-order valence-corrected chi connectivity index (χ2v) is 19.3. The molecule has 362 valence electrons. The molecule has 61 heavy (non-hydrogen) atoms. The Hall–Kier alpha value is -1.59. The molecule has 0 amide bonds. The molecule has 0 aromatic carbocycles. The maximum atomic E-state index is 12.8. The fourth-order valence-corrected chi connectivity index (χ4v) is 8.39. The lowest BCUT2D eigenvalue weighted by molar-refractivity contribution is -0.167. The van der Waals surface area contributed by atoms with E-state index in [1.807, 2.05) is 0 Å². The summed E-state index contributed by atoms with van der Waals surface area (Å²) in [5.41, 5.74) is 0. The van der Waals surface area contributed by atoms with Gasteiger partial charge >= 0.3 is 17.9 Å². The van der Waals surface area contributed by atoms with Crippen LogP contribution in [0.1, 0.15) is 310 Å². The highest BCUT2D eigenvalue weighted by molar-refractivity contribution is 5.71. The molecule has 0 bridgehead atoms. The third-order valence-electron chi connectivity index (χ3n) is 12.5. The summed E-state index contributed by atoms with van der Waals surface area (Å²) in [5, 5.41) is 0. The van der Waals surface area contributed by atoms with Crippen LogP contribution in [0.4, 0.5) is 0 Å². The first-order valence-corrected chi connectivity index (χ1v) is 27.4. The van der Waals surface area contributed by atoms with E-state index in [0.29, 0.717) is 19.3 Å². The van der Waals surface area contributed by atoms with Crippen molar-refractivity contribution in [1.29, 1.82) is 0 Å². The van der Waals surface area contributed by atoms with Crippen molar-refractivity contribution in [3.8, 4) is 0 Å². The molecule has 0 saturated carbocycles. The first-order chi connectivity index (χ1) is 29.9. The minimum atomic E-state index is -0.760. The zero-order chi connectivity index (χ0) is 44.5. The van der Waals surface area contributed by atoms with E-state index in [1.54, 1.807) is 0 Å². The topological polar surface area (TPSA) is 78.9 Å². The predicted molar refractivity (Wildman–Crippen MR) is 261 cm³/mol. The Morgan fingerprint density at radius 1 is 0.311 bits per heavy atom. The molecule has 0 aromatic heterocycles. The molecular weight excluding hydrogens is 757 g/mol. The van der Waals surface area contributed by atoms with Crippen LogP contribution in [0.5, 0.6) is 0 Å². The minimum Gasteiger partial charge on any atom is -0.462 e. The third-order valence-corrected chi connectivity index (χ3v) is 12.5. The maximum absolute atomic E-state index is 12.8. The smallest absolute Gasteiger partial charge is 0.306 e. The van der Waals surface area contributed by atoms with Crippen LogP contribution in [0.3, 0.4) is 0 Å². The molecule has 6 heteroatoms. The highest BCUT2D eigenvalue weighted by Crippen LogP contribution is 2.18. The number of carbonyl (C=O) groups excluding carboxylic acids is 3. The summed E-state index contributed by atoms with van der Waals surface area (Å²) in [4.78, 5) is 37.9. The van der Waals surface area contributed by atoms with E-state index in [0.717, 1.165) is 63.7 Å². The lowest BCUT2D eigenvalue weighted by Crippen LogP contribution is -2.30. The fraction of sp³-hybridized carbons (Fsp3) is 0.945. The number of carbonyl (C=O) groups is 3. The number of unbranched alkanes of at least 4 members (excludes halogenated alkanes) is 37. The number of hydrogen-bond acceptors (Lipinski definition) is 6. The van der Waals surface area contributed by atoms with Crippen LogP contribution in [0.15, 0.2) is 0 Å². The normalized spacial score (nSPS) is 12.0. The van der Waals surface area contributed by atoms with Crippen LogP contribution in [-0.2, 0) is 28.6 Å². The van der Waals surface area contributed by atoms with Crippen LogP contribution in [0, 0.1) is 5.92 Å². The van der Waals surface area contributed by atoms with E-state index in [9.17, 15) is 14.4 Å². The number of ether oxygens (including phenoxy) is 3. The molecule has 0 saturated heterocycles. The van der Waals surface area contributed by atoms with Gasteiger partial charge < -0.3 is 14.2 Å². The summed E-state index contributed by atoms with van der Waals surface area (Å²) in [5.74, 6) is 0.00589. The number of hydrogen-bond donors (Lipinski definition) is 0. The summed E-state index contributed by atoms with van der Waals surface area (Å²) < 4.78 is 16.8. The van der Waals surface area contributed by atoms with Crippen molar-refractivity contribution in [3.63, 3.8) is 0 Å². The molecule has 0 radical (unpaired) electrons. The largest absolute Gasteiger partial charge is 0.462 e. The summed E-state index contributed by atoms with van der Waals surface area (Å²) in [6, 6.07) is 0. The summed E-state index contributed by atoms with van der Waals surface area (Å²) in [7, 11) is 0. The Morgan fingerprint density at radius 3 is 0.803 bits per heavy atom. The van der Waals surface area contributed by atoms with Crippen molar-refractivity contribution in [2.24, 2.45) is 5.92 Å². The molecule has 0 fully saturated rings. The monoisotopic (exact) mass is 863 g/mol. The Kier molecular flexibility index (Phi) is 48.1. The zero-order valence-electron chi connectivity index (χ0n) is 41.6. The lowest BCUT2D eigenvalue weighted by Gasteiger charge is -2.18. The summed E-state index contributed by atoms with van der Waals surface area (Å²) in [6.45, 7) is 9.02. The second kappa shape index (κ2) is 49.4. The van der Waals surface area contributed by atoms with Crippen molar-refractivity contribution >= 4 is 17.9 Å². The standard InChI is InChI=1S/C55H106O6/c1-5-7-9-11-13-14-15-16-17-18-23-26-29-32-36-40-44-48-55(58)61-52(49-59-53(56)46-42-38-33-12-10-8-6-2)50-60-54(57)47-43-39-35-31-28-25-22-20-19-21-24-27-30-34-37-41-45-51(3)4/h51-52H,5-50H2,1-4H3/t52-/m0/s1. The van der Waals surface area contributed by atoms with Gasteiger partial charge in [-0.05, 0) is 25.2 Å². The van der Waals surface area contributed by atoms with E-state index in [-0.39, 0.29) is 31.1 Å². The second-order valence-electron chi connectivity index (χ2n) is 19.3. The molecule has 0 N–H and O–H groups in total. The quantitative estimate of drug-likeness (QED) is 0.0344. The van der Waals surface area contributed by atoms with Crippen LogP contribution in [0.2, 0.25) is 0 Å². The molecule has 0 rings (SSSR count). The van der Waals surface area contributed by atoms with Crippen molar-refractivity contribution < 1.29 is 28.6 Å². The fourth-order valence-electron chi connectivity index (χ4n) is 8.39. The van der Waals surface area contributed by atoms with E-state index in [4.69, 9.17) is 14.2 Å². The van der Waals surface area contributed by atoms with Gasteiger partial charge in [0.25, 0.3) is 0 Å². The highest BCUT2D eigenvalue weighted by Gasteiger charge is 2.19. The molecule has 0 spiro atoms. The van der Waals surface area contributed by atoms with Gasteiger partial charge in [-0.3, -0.25) is 14.4 Å². The molecule has 0 aliphatic carbocycles. The van der Waals surface area contributed by atoms with Crippen LogP contribution in [-0.4, -0.2) is 37.2 Å². The van der Waals surface area contributed by atoms with Gasteiger partial charge in [0.2, 0.25) is 0 Å². The molecular formula is C55H106O6. The van der Waals surface area contributed by atoms with Crippen LogP contribution >= 0.6 is 0 Å². The molecule has 0 aliphatic heterocycles. The van der Waals surface area contributed by atoms with Gasteiger partial charge in [0.05, 0.1) is 0 Å². The van der Waals surface area contributed by atoms with Gasteiger partial charge in [-0.2, -0.15) is 0 Å². The molecule has 1 atom stereocenters. The average Bonchev–Trinajstić information content (AvgIpc) is 3.24. The van der Waals surface area contributed by atoms with Gasteiger partial charge in [-0.15, -0.1) is 0 Å².